The van der Waals surface area contributed by atoms with Gasteiger partial charge in [-0.2, -0.15) is 0 Å². The Hall–Kier alpha value is -2.77. The zero-order valence-corrected chi connectivity index (χ0v) is 19.8. The molecule has 0 unspecified atom stereocenters. The SMILES string of the molecule is CC(C)S(=O)(=O)NCCn1c(Sc2cc3c(cc2N(C)C)OCO3)nc2c(N)ncnc21. The molecule has 0 bridgehead atoms. The van der Waals surface area contributed by atoms with Crippen LogP contribution in [0.1, 0.15) is 13.8 Å². The van der Waals surface area contributed by atoms with Crippen molar-refractivity contribution in [3.05, 3.63) is 18.5 Å². The predicted octanol–water partition coefficient (Wildman–Crippen LogP) is 1.68. The number of nitrogen functional groups attached to an aromatic ring is 1. The molecule has 2 aromatic heterocycles. The number of imidazole rings is 1. The van der Waals surface area contributed by atoms with E-state index < -0.39 is 15.3 Å². The lowest BCUT2D eigenvalue weighted by atomic mass is 10.2. The minimum absolute atomic E-state index is 0.178. The van der Waals surface area contributed by atoms with E-state index in [1.807, 2.05) is 35.7 Å². The van der Waals surface area contributed by atoms with E-state index in [1.54, 1.807) is 13.8 Å². The van der Waals surface area contributed by atoms with Crippen molar-refractivity contribution < 1.29 is 17.9 Å². The highest BCUT2D eigenvalue weighted by molar-refractivity contribution is 7.99. The summed E-state index contributed by atoms with van der Waals surface area (Å²) >= 11 is 1.41. The van der Waals surface area contributed by atoms with Crippen molar-refractivity contribution in [3.8, 4) is 11.5 Å². The molecule has 0 amide bonds. The van der Waals surface area contributed by atoms with Crippen molar-refractivity contribution in [1.82, 2.24) is 24.2 Å². The number of aromatic nitrogens is 4. The van der Waals surface area contributed by atoms with E-state index in [0.717, 1.165) is 10.6 Å². The van der Waals surface area contributed by atoms with Gasteiger partial charge in [0.15, 0.2) is 33.6 Å². The number of nitrogens with zero attached hydrogens (tertiary/aromatic N) is 5. The molecule has 0 aliphatic carbocycles. The van der Waals surface area contributed by atoms with Gasteiger partial charge in [0.1, 0.15) is 6.33 Å². The van der Waals surface area contributed by atoms with E-state index in [2.05, 4.69) is 19.7 Å². The first kappa shape index (κ1) is 22.4. The van der Waals surface area contributed by atoms with E-state index >= 15 is 0 Å². The maximum absolute atomic E-state index is 12.2. The zero-order chi connectivity index (χ0) is 23.0. The smallest absolute Gasteiger partial charge is 0.231 e. The Morgan fingerprint density at radius 3 is 2.66 bits per heavy atom. The number of nitrogens with two attached hydrogens (primary N) is 1. The molecule has 1 aliphatic heterocycles. The predicted molar refractivity (Wildman–Crippen MR) is 123 cm³/mol. The van der Waals surface area contributed by atoms with Gasteiger partial charge in [-0.15, -0.1) is 0 Å². The zero-order valence-electron chi connectivity index (χ0n) is 18.2. The van der Waals surface area contributed by atoms with Gasteiger partial charge in [-0.25, -0.2) is 28.1 Å². The molecule has 0 radical (unpaired) electrons. The Kier molecular flexibility index (Phi) is 6.05. The number of anilines is 2. The third-order valence-electron chi connectivity index (χ3n) is 4.92. The maximum Gasteiger partial charge on any atom is 0.231 e. The summed E-state index contributed by atoms with van der Waals surface area (Å²) < 4.78 is 39.8. The van der Waals surface area contributed by atoms with Crippen LogP contribution >= 0.6 is 11.8 Å². The van der Waals surface area contributed by atoms with E-state index in [9.17, 15) is 8.42 Å². The van der Waals surface area contributed by atoms with Gasteiger partial charge < -0.3 is 24.7 Å². The first-order chi connectivity index (χ1) is 15.2. The average Bonchev–Trinajstić information content (AvgIpc) is 3.32. The van der Waals surface area contributed by atoms with Gasteiger partial charge in [-0.3, -0.25) is 0 Å². The van der Waals surface area contributed by atoms with Crippen LogP contribution in [-0.2, 0) is 16.6 Å². The quantitative estimate of drug-likeness (QED) is 0.491. The van der Waals surface area contributed by atoms with Crippen molar-refractivity contribution in [2.45, 2.75) is 35.7 Å². The summed E-state index contributed by atoms with van der Waals surface area (Å²) in [7, 11) is 0.484. The number of hydrogen-bond acceptors (Lipinski definition) is 10. The Bertz CT molecular complexity index is 1260. The van der Waals surface area contributed by atoms with Crippen LogP contribution in [0, 0.1) is 0 Å². The molecule has 4 rings (SSSR count). The third-order valence-corrected chi connectivity index (χ3v) is 7.81. The molecule has 0 atom stereocenters. The fourth-order valence-electron chi connectivity index (χ4n) is 3.12. The number of hydrogen-bond donors (Lipinski definition) is 2. The summed E-state index contributed by atoms with van der Waals surface area (Å²) in [6, 6.07) is 3.82. The molecule has 1 aromatic carbocycles. The first-order valence-electron chi connectivity index (χ1n) is 9.91. The van der Waals surface area contributed by atoms with Gasteiger partial charge in [-0.1, -0.05) is 0 Å². The van der Waals surface area contributed by atoms with Crippen LogP contribution in [0.2, 0.25) is 0 Å². The van der Waals surface area contributed by atoms with E-state index in [4.69, 9.17) is 15.2 Å². The van der Waals surface area contributed by atoms with Crippen molar-refractivity contribution >= 4 is 44.5 Å². The fraction of sp³-hybridized carbons (Fsp3) is 0.421. The van der Waals surface area contributed by atoms with E-state index in [0.29, 0.717) is 34.4 Å². The molecule has 3 aromatic rings. The summed E-state index contributed by atoms with van der Waals surface area (Å²) in [5.41, 5.74) is 7.96. The molecule has 11 nitrogen and oxygen atoms in total. The molecule has 3 N–H and O–H groups in total. The summed E-state index contributed by atoms with van der Waals surface area (Å²) in [5, 5.41) is 0.0861. The number of fused-ring (bicyclic) bond motifs is 2. The molecular weight excluding hydrogens is 454 g/mol. The van der Waals surface area contributed by atoms with Crippen LogP contribution in [-0.4, -0.2) is 60.6 Å². The van der Waals surface area contributed by atoms with Gasteiger partial charge in [0, 0.05) is 44.2 Å². The third kappa shape index (κ3) is 4.27. The highest BCUT2D eigenvalue weighted by atomic mass is 32.2. The molecule has 13 heteroatoms. The number of sulfonamides is 1. The van der Waals surface area contributed by atoms with Crippen molar-refractivity contribution in [3.63, 3.8) is 0 Å². The van der Waals surface area contributed by atoms with Crippen LogP contribution in [0.3, 0.4) is 0 Å². The molecular formula is C19H25N7O4S2. The van der Waals surface area contributed by atoms with Crippen LogP contribution in [0.5, 0.6) is 11.5 Å². The lowest BCUT2D eigenvalue weighted by molar-refractivity contribution is 0.174. The standard InChI is InChI=1S/C19H25N7O4S2/c1-11(2)32(27,28)23-5-6-26-18-16(17(20)21-9-22-18)24-19(26)31-15-8-14-13(29-10-30-14)7-12(15)25(3)4/h7-9,11,23H,5-6,10H2,1-4H3,(H2,20,21,22). The van der Waals surface area contributed by atoms with Gasteiger partial charge in [-0.05, 0) is 25.6 Å². The number of benzene rings is 1. The van der Waals surface area contributed by atoms with Gasteiger partial charge in [0.2, 0.25) is 16.8 Å². The maximum atomic E-state index is 12.2. The van der Waals surface area contributed by atoms with Crippen LogP contribution in [0.4, 0.5) is 11.5 Å². The highest BCUT2D eigenvalue weighted by Gasteiger charge is 2.23. The Morgan fingerprint density at radius 1 is 1.25 bits per heavy atom. The van der Waals surface area contributed by atoms with E-state index in [1.165, 1.54) is 18.1 Å². The number of rotatable bonds is 8. The second-order valence-corrected chi connectivity index (χ2v) is 11.0. The Morgan fingerprint density at radius 2 is 1.97 bits per heavy atom. The molecule has 0 fully saturated rings. The van der Waals surface area contributed by atoms with Gasteiger partial charge >= 0.3 is 0 Å². The minimum Gasteiger partial charge on any atom is -0.454 e. The first-order valence-corrected chi connectivity index (χ1v) is 12.3. The summed E-state index contributed by atoms with van der Waals surface area (Å²) in [6.45, 7) is 3.95. The highest BCUT2D eigenvalue weighted by Crippen LogP contribution is 2.44. The second kappa shape index (κ2) is 8.64. The number of ether oxygens (including phenoxy) is 2. The van der Waals surface area contributed by atoms with Gasteiger partial charge in [0.05, 0.1) is 10.9 Å². The summed E-state index contributed by atoms with van der Waals surface area (Å²) in [6.07, 6.45) is 1.37. The lowest BCUT2D eigenvalue weighted by Gasteiger charge is -2.18. The molecule has 3 heterocycles. The largest absolute Gasteiger partial charge is 0.454 e. The average molecular weight is 480 g/mol. The fourth-order valence-corrected chi connectivity index (χ4v) is 4.96. The second-order valence-electron chi connectivity index (χ2n) is 7.63. The topological polar surface area (TPSA) is 137 Å². The number of nitrogens with one attached hydrogen (secondary N) is 1. The van der Waals surface area contributed by atoms with Gasteiger partial charge in [0.25, 0.3) is 0 Å². The Labute approximate surface area is 190 Å². The summed E-state index contributed by atoms with van der Waals surface area (Å²) in [4.78, 5) is 15.9. The molecule has 1 aliphatic rings. The molecule has 0 saturated heterocycles. The van der Waals surface area contributed by atoms with E-state index in [-0.39, 0.29) is 19.2 Å². The molecule has 0 saturated carbocycles. The lowest BCUT2D eigenvalue weighted by Crippen LogP contribution is -2.33. The molecule has 32 heavy (non-hydrogen) atoms. The monoisotopic (exact) mass is 479 g/mol. The Balaban J connectivity index is 1.72. The molecule has 172 valence electrons. The van der Waals surface area contributed by atoms with Crippen molar-refractivity contribution in [2.24, 2.45) is 0 Å². The normalized spacial score (nSPS) is 13.3. The van der Waals surface area contributed by atoms with Crippen molar-refractivity contribution in [2.75, 3.05) is 38.1 Å². The van der Waals surface area contributed by atoms with Crippen molar-refractivity contribution in [1.29, 1.82) is 0 Å². The van der Waals surface area contributed by atoms with Crippen LogP contribution < -0.4 is 24.8 Å². The summed E-state index contributed by atoms with van der Waals surface area (Å²) in [5.74, 6) is 1.60. The minimum atomic E-state index is -3.39. The molecule has 0 spiro atoms. The van der Waals surface area contributed by atoms with Crippen LogP contribution in [0.25, 0.3) is 11.2 Å². The van der Waals surface area contributed by atoms with Crippen LogP contribution in [0.15, 0.2) is 28.5 Å².